The van der Waals surface area contributed by atoms with Gasteiger partial charge in [0, 0.05) is 6.54 Å². The van der Waals surface area contributed by atoms with Crippen LogP contribution in [0.4, 0.5) is 4.79 Å². The third kappa shape index (κ3) is 8.64. The molecular formula is C17H27NO4. The molecule has 0 fully saturated rings. The van der Waals surface area contributed by atoms with E-state index in [0.717, 1.165) is 24.8 Å². The summed E-state index contributed by atoms with van der Waals surface area (Å²) >= 11 is 0. The van der Waals surface area contributed by atoms with E-state index in [1.54, 1.807) is 0 Å². The van der Waals surface area contributed by atoms with E-state index in [1.165, 1.54) is 6.42 Å². The monoisotopic (exact) mass is 309 g/mol. The number of carbonyl (C=O) groups excluding carboxylic acids is 1. The molecular weight excluding hydrogens is 282 g/mol. The number of benzene rings is 1. The van der Waals surface area contributed by atoms with E-state index in [-0.39, 0.29) is 13.2 Å². The number of ether oxygens (including phenoxy) is 2. The maximum Gasteiger partial charge on any atom is 0.407 e. The number of unbranched alkanes of at least 4 members (excludes halogenated alkanes) is 3. The van der Waals surface area contributed by atoms with E-state index in [2.05, 4.69) is 12.2 Å². The number of aliphatic hydroxyl groups is 1. The van der Waals surface area contributed by atoms with Crippen LogP contribution in [-0.4, -0.2) is 37.1 Å². The van der Waals surface area contributed by atoms with Crippen molar-refractivity contribution in [3.8, 4) is 0 Å². The summed E-state index contributed by atoms with van der Waals surface area (Å²) in [5.41, 5.74) is 1.04. The second kappa shape index (κ2) is 12.0. The van der Waals surface area contributed by atoms with Gasteiger partial charge in [0.25, 0.3) is 0 Å². The van der Waals surface area contributed by atoms with Gasteiger partial charge in [-0.05, 0) is 12.0 Å². The first-order chi connectivity index (χ1) is 10.8. The molecule has 2 N–H and O–H groups in total. The topological polar surface area (TPSA) is 67.8 Å². The van der Waals surface area contributed by atoms with Crippen LogP contribution in [0.1, 0.15) is 38.2 Å². The van der Waals surface area contributed by atoms with Crippen molar-refractivity contribution < 1.29 is 19.4 Å². The van der Waals surface area contributed by atoms with Gasteiger partial charge in [0.1, 0.15) is 6.10 Å². The highest BCUT2D eigenvalue weighted by molar-refractivity contribution is 5.67. The van der Waals surface area contributed by atoms with Crippen LogP contribution in [0.2, 0.25) is 0 Å². The van der Waals surface area contributed by atoms with Crippen LogP contribution in [-0.2, 0) is 16.1 Å². The zero-order valence-corrected chi connectivity index (χ0v) is 13.3. The molecule has 22 heavy (non-hydrogen) atoms. The zero-order valence-electron chi connectivity index (χ0n) is 13.3. The fourth-order valence-corrected chi connectivity index (χ4v) is 1.94. The molecule has 5 heteroatoms. The number of alkyl carbamates (subject to hydrolysis) is 1. The van der Waals surface area contributed by atoms with E-state index < -0.39 is 12.2 Å². The lowest BCUT2D eigenvalue weighted by Gasteiger charge is -2.16. The average molecular weight is 309 g/mol. The lowest BCUT2D eigenvalue weighted by atomic mass is 10.2. The highest BCUT2D eigenvalue weighted by Gasteiger charge is 2.13. The largest absolute Gasteiger partial charge is 0.441 e. The number of hydrogen-bond acceptors (Lipinski definition) is 4. The normalized spacial score (nSPS) is 11.9. The van der Waals surface area contributed by atoms with Gasteiger partial charge in [-0.25, -0.2) is 4.79 Å². The highest BCUT2D eigenvalue weighted by atomic mass is 16.6. The summed E-state index contributed by atoms with van der Waals surface area (Å²) in [5, 5.41) is 11.9. The Labute approximate surface area is 132 Å². The maximum atomic E-state index is 11.6. The molecule has 1 unspecified atom stereocenters. The third-order valence-corrected chi connectivity index (χ3v) is 3.19. The van der Waals surface area contributed by atoms with Crippen molar-refractivity contribution in [3.05, 3.63) is 35.9 Å². The second-order valence-corrected chi connectivity index (χ2v) is 5.20. The minimum atomic E-state index is -0.639. The Bertz CT molecular complexity index is 397. The van der Waals surface area contributed by atoms with Gasteiger partial charge in [-0.1, -0.05) is 56.5 Å². The van der Waals surface area contributed by atoms with Gasteiger partial charge in [0.2, 0.25) is 0 Å². The van der Waals surface area contributed by atoms with E-state index in [1.807, 2.05) is 30.3 Å². The molecule has 0 heterocycles. The van der Waals surface area contributed by atoms with Crippen LogP contribution in [0.3, 0.4) is 0 Å². The first kappa shape index (κ1) is 18.5. The van der Waals surface area contributed by atoms with Gasteiger partial charge in [-0.15, -0.1) is 0 Å². The Morgan fingerprint density at radius 1 is 1.23 bits per heavy atom. The van der Waals surface area contributed by atoms with Gasteiger partial charge in [-0.2, -0.15) is 0 Å². The molecule has 0 aliphatic heterocycles. The predicted molar refractivity (Wildman–Crippen MR) is 85.6 cm³/mol. The molecule has 124 valence electrons. The van der Waals surface area contributed by atoms with E-state index in [4.69, 9.17) is 9.47 Å². The third-order valence-electron chi connectivity index (χ3n) is 3.19. The fraction of sp³-hybridized carbons (Fsp3) is 0.588. The van der Waals surface area contributed by atoms with Crippen LogP contribution in [0.25, 0.3) is 0 Å². The Morgan fingerprint density at radius 2 is 2.00 bits per heavy atom. The summed E-state index contributed by atoms with van der Waals surface area (Å²) in [6.07, 6.45) is 3.23. The number of hydrogen-bond donors (Lipinski definition) is 2. The van der Waals surface area contributed by atoms with Crippen molar-refractivity contribution in [1.82, 2.24) is 5.32 Å². The van der Waals surface area contributed by atoms with Crippen molar-refractivity contribution >= 4 is 6.09 Å². The molecule has 0 saturated carbocycles. The molecule has 5 nitrogen and oxygen atoms in total. The first-order valence-corrected chi connectivity index (χ1v) is 7.93. The number of rotatable bonds is 11. The molecule has 0 radical (unpaired) electrons. The van der Waals surface area contributed by atoms with E-state index in [9.17, 15) is 9.90 Å². The van der Waals surface area contributed by atoms with Crippen molar-refractivity contribution in [2.45, 2.75) is 45.3 Å². The summed E-state index contributed by atoms with van der Waals surface area (Å²) in [6, 6.07) is 9.72. The quantitative estimate of drug-likeness (QED) is 0.617. The van der Waals surface area contributed by atoms with E-state index in [0.29, 0.717) is 13.2 Å². The summed E-state index contributed by atoms with van der Waals surface area (Å²) in [7, 11) is 0. The SMILES string of the molecule is CCCCCCNC(=O)OC(CO)COCc1ccccc1. The molecule has 0 aliphatic carbocycles. The Hall–Kier alpha value is -1.59. The molecule has 1 atom stereocenters. The van der Waals surface area contributed by atoms with Gasteiger partial charge in [-0.3, -0.25) is 0 Å². The van der Waals surface area contributed by atoms with Crippen LogP contribution >= 0.6 is 0 Å². The van der Waals surface area contributed by atoms with Gasteiger partial charge < -0.3 is 19.9 Å². The average Bonchev–Trinajstić information content (AvgIpc) is 2.54. The van der Waals surface area contributed by atoms with Crippen LogP contribution in [0.15, 0.2) is 30.3 Å². The number of nitrogens with one attached hydrogen (secondary N) is 1. The van der Waals surface area contributed by atoms with Crippen molar-refractivity contribution in [1.29, 1.82) is 0 Å². The summed E-state index contributed by atoms with van der Waals surface area (Å²) in [5.74, 6) is 0. The zero-order chi connectivity index (χ0) is 16.0. The maximum absolute atomic E-state index is 11.6. The van der Waals surface area contributed by atoms with Crippen LogP contribution < -0.4 is 5.32 Å². The highest BCUT2D eigenvalue weighted by Crippen LogP contribution is 2.02. The van der Waals surface area contributed by atoms with Gasteiger partial charge in [0.05, 0.1) is 19.8 Å². The summed E-state index contributed by atoms with van der Waals surface area (Å²) in [4.78, 5) is 11.6. The van der Waals surface area contributed by atoms with Crippen molar-refractivity contribution in [2.75, 3.05) is 19.8 Å². The summed E-state index contributed by atoms with van der Waals surface area (Å²) in [6.45, 7) is 3.09. The standard InChI is InChI=1S/C17H27NO4/c1-2-3-4-8-11-18-17(20)22-16(12-19)14-21-13-15-9-6-5-7-10-15/h5-7,9-10,16,19H,2-4,8,11-14H2,1H3,(H,18,20). The first-order valence-electron chi connectivity index (χ1n) is 7.93. The summed E-state index contributed by atoms with van der Waals surface area (Å²) < 4.78 is 10.6. The lowest BCUT2D eigenvalue weighted by molar-refractivity contribution is -0.0119. The van der Waals surface area contributed by atoms with E-state index >= 15 is 0 Å². The van der Waals surface area contributed by atoms with Crippen LogP contribution in [0.5, 0.6) is 0 Å². The Morgan fingerprint density at radius 3 is 2.68 bits per heavy atom. The number of aliphatic hydroxyl groups excluding tert-OH is 1. The smallest absolute Gasteiger partial charge is 0.407 e. The fourth-order valence-electron chi connectivity index (χ4n) is 1.94. The number of amides is 1. The minimum Gasteiger partial charge on any atom is -0.441 e. The van der Waals surface area contributed by atoms with Crippen molar-refractivity contribution in [2.24, 2.45) is 0 Å². The lowest BCUT2D eigenvalue weighted by Crippen LogP contribution is -2.33. The molecule has 0 spiro atoms. The molecule has 0 aliphatic rings. The number of carbonyl (C=O) groups is 1. The Kier molecular flexibility index (Phi) is 10.1. The molecule has 1 aromatic rings. The molecule has 1 rings (SSSR count). The molecule has 1 aromatic carbocycles. The van der Waals surface area contributed by atoms with Crippen LogP contribution in [0, 0.1) is 0 Å². The Balaban J connectivity index is 2.14. The van der Waals surface area contributed by atoms with Gasteiger partial charge in [0.15, 0.2) is 0 Å². The molecule has 1 amide bonds. The molecule has 0 bridgehead atoms. The minimum absolute atomic E-state index is 0.175. The molecule has 0 saturated heterocycles. The predicted octanol–water partition coefficient (Wildman–Crippen LogP) is 2.87. The van der Waals surface area contributed by atoms with Crippen molar-refractivity contribution in [3.63, 3.8) is 0 Å². The molecule has 0 aromatic heterocycles. The second-order valence-electron chi connectivity index (χ2n) is 5.20. The van der Waals surface area contributed by atoms with Gasteiger partial charge >= 0.3 is 6.09 Å².